The predicted octanol–water partition coefficient (Wildman–Crippen LogP) is 5.23. The molecule has 0 saturated carbocycles. The average Bonchev–Trinajstić information content (AvgIpc) is 3.65. The minimum atomic E-state index is -0.856. The van der Waals surface area contributed by atoms with Crippen LogP contribution < -0.4 is 0 Å². The molecule has 9 heteroatoms. The van der Waals surface area contributed by atoms with Gasteiger partial charge in [0, 0.05) is 60.1 Å². The maximum atomic E-state index is 11.2. The maximum absolute atomic E-state index is 11.2. The minimum absolute atomic E-state index is 0.194. The molecule has 190 valence electrons. The lowest BCUT2D eigenvalue weighted by Gasteiger charge is -2.30. The van der Waals surface area contributed by atoms with Crippen LogP contribution in [0.2, 0.25) is 0 Å². The number of piperidine rings is 1. The summed E-state index contributed by atoms with van der Waals surface area (Å²) in [7, 11) is 0. The van der Waals surface area contributed by atoms with Crippen molar-refractivity contribution in [3.05, 3.63) is 97.3 Å². The Kier molecular flexibility index (Phi) is 6.39. The number of benzene rings is 2. The van der Waals surface area contributed by atoms with Gasteiger partial charge >= 0.3 is 6.09 Å². The lowest BCUT2D eigenvalue weighted by atomic mass is 10.1. The summed E-state index contributed by atoms with van der Waals surface area (Å²) < 4.78 is 3.88. The number of carbonyl (C=O) groups is 1. The largest absolute Gasteiger partial charge is 0.465 e. The SMILES string of the molecule is O=C(O)N1CCC(n2cc(-c3cnc(-c4cccc(-c5cnn(Cc6ccccc6)c5)c4)nc3)cn2)CC1. The minimum Gasteiger partial charge on any atom is -0.465 e. The van der Waals surface area contributed by atoms with E-state index in [0.717, 1.165) is 47.2 Å². The number of hydrogen-bond acceptors (Lipinski definition) is 5. The molecule has 1 aliphatic heterocycles. The van der Waals surface area contributed by atoms with Gasteiger partial charge in [-0.15, -0.1) is 0 Å². The van der Waals surface area contributed by atoms with Gasteiger partial charge in [-0.2, -0.15) is 10.2 Å². The molecule has 1 amide bonds. The van der Waals surface area contributed by atoms with Crippen LogP contribution in [0.1, 0.15) is 24.4 Å². The van der Waals surface area contributed by atoms with Gasteiger partial charge in [-0.3, -0.25) is 9.36 Å². The Morgan fingerprint density at radius 1 is 0.789 bits per heavy atom. The number of likely N-dealkylation sites (tertiary alicyclic amines) is 1. The van der Waals surface area contributed by atoms with Crippen molar-refractivity contribution >= 4 is 6.09 Å². The molecule has 2 aromatic carbocycles. The van der Waals surface area contributed by atoms with E-state index in [9.17, 15) is 4.79 Å². The van der Waals surface area contributed by atoms with Gasteiger partial charge in [0.15, 0.2) is 5.82 Å². The molecule has 0 bridgehead atoms. The first kappa shape index (κ1) is 23.6. The summed E-state index contributed by atoms with van der Waals surface area (Å²) in [4.78, 5) is 21.9. The Labute approximate surface area is 220 Å². The fourth-order valence-electron chi connectivity index (χ4n) is 4.84. The Hall–Kier alpha value is -4.79. The molecule has 5 aromatic rings. The van der Waals surface area contributed by atoms with Crippen molar-refractivity contribution in [1.29, 1.82) is 0 Å². The second-order valence-electron chi connectivity index (χ2n) is 9.50. The molecule has 4 heterocycles. The molecular weight excluding hydrogens is 478 g/mol. The smallest absolute Gasteiger partial charge is 0.407 e. The maximum Gasteiger partial charge on any atom is 0.407 e. The summed E-state index contributed by atoms with van der Waals surface area (Å²) in [6.07, 6.45) is 12.0. The van der Waals surface area contributed by atoms with Gasteiger partial charge in [0.25, 0.3) is 0 Å². The molecule has 1 fully saturated rings. The van der Waals surface area contributed by atoms with Crippen LogP contribution in [0.4, 0.5) is 4.79 Å². The average molecular weight is 506 g/mol. The zero-order chi connectivity index (χ0) is 25.9. The number of amides is 1. The fourth-order valence-corrected chi connectivity index (χ4v) is 4.84. The summed E-state index contributed by atoms with van der Waals surface area (Å²) in [6, 6.07) is 18.6. The van der Waals surface area contributed by atoms with Crippen molar-refractivity contribution in [2.45, 2.75) is 25.4 Å². The van der Waals surface area contributed by atoms with E-state index in [0.29, 0.717) is 18.9 Å². The van der Waals surface area contributed by atoms with Crippen molar-refractivity contribution < 1.29 is 9.90 Å². The number of carboxylic acid groups (broad SMARTS) is 1. The molecule has 38 heavy (non-hydrogen) atoms. The summed E-state index contributed by atoms with van der Waals surface area (Å²) in [5.41, 5.74) is 6.08. The highest BCUT2D eigenvalue weighted by atomic mass is 16.4. The van der Waals surface area contributed by atoms with Crippen LogP contribution in [0.25, 0.3) is 33.6 Å². The zero-order valence-electron chi connectivity index (χ0n) is 20.8. The van der Waals surface area contributed by atoms with Gasteiger partial charge in [-0.1, -0.05) is 48.5 Å². The summed E-state index contributed by atoms with van der Waals surface area (Å²) >= 11 is 0. The van der Waals surface area contributed by atoms with Crippen LogP contribution >= 0.6 is 0 Å². The van der Waals surface area contributed by atoms with Crippen molar-refractivity contribution in [2.24, 2.45) is 0 Å². The van der Waals surface area contributed by atoms with E-state index in [2.05, 4.69) is 50.6 Å². The Morgan fingerprint density at radius 3 is 2.26 bits per heavy atom. The van der Waals surface area contributed by atoms with Crippen LogP contribution in [0.15, 0.2) is 91.8 Å². The van der Waals surface area contributed by atoms with Crippen LogP contribution in [0.3, 0.4) is 0 Å². The molecule has 0 aliphatic carbocycles. The summed E-state index contributed by atoms with van der Waals surface area (Å²) in [5.74, 6) is 0.653. The quantitative estimate of drug-likeness (QED) is 0.339. The normalized spacial score (nSPS) is 14.1. The highest BCUT2D eigenvalue weighted by Crippen LogP contribution is 2.27. The molecule has 1 N–H and O–H groups in total. The highest BCUT2D eigenvalue weighted by molar-refractivity contribution is 5.70. The second-order valence-corrected chi connectivity index (χ2v) is 9.50. The van der Waals surface area contributed by atoms with Gasteiger partial charge in [-0.05, 0) is 30.0 Å². The van der Waals surface area contributed by atoms with Gasteiger partial charge in [0.2, 0.25) is 0 Å². The molecule has 6 rings (SSSR count). The third-order valence-corrected chi connectivity index (χ3v) is 6.97. The molecule has 1 saturated heterocycles. The van der Waals surface area contributed by atoms with Crippen LogP contribution in [0.5, 0.6) is 0 Å². The molecule has 0 atom stereocenters. The van der Waals surface area contributed by atoms with Crippen molar-refractivity contribution in [3.63, 3.8) is 0 Å². The first-order chi connectivity index (χ1) is 18.6. The van der Waals surface area contributed by atoms with E-state index in [1.807, 2.05) is 70.7 Å². The second kappa shape index (κ2) is 10.3. The van der Waals surface area contributed by atoms with E-state index in [1.54, 1.807) is 0 Å². The Morgan fingerprint density at radius 2 is 1.50 bits per heavy atom. The van der Waals surface area contributed by atoms with Crippen molar-refractivity contribution in [2.75, 3.05) is 13.1 Å². The molecule has 1 aliphatic rings. The third-order valence-electron chi connectivity index (χ3n) is 6.97. The highest BCUT2D eigenvalue weighted by Gasteiger charge is 2.24. The topological polar surface area (TPSA) is 102 Å². The summed E-state index contributed by atoms with van der Waals surface area (Å²) in [6.45, 7) is 1.78. The first-order valence-corrected chi connectivity index (χ1v) is 12.6. The lowest BCUT2D eigenvalue weighted by molar-refractivity contribution is 0.124. The molecular formula is C29H27N7O2. The molecule has 0 radical (unpaired) electrons. The summed E-state index contributed by atoms with van der Waals surface area (Å²) in [5, 5.41) is 18.2. The van der Waals surface area contributed by atoms with E-state index in [1.165, 1.54) is 10.5 Å². The standard InChI is InChI=1S/C29H27N7O2/c37-29(38)34-11-9-27(10-12-34)36-20-26(17-33-36)24-14-30-28(31-15-24)23-8-4-7-22(13-23)25-16-32-35(19-25)18-21-5-2-1-3-6-21/h1-8,13-17,19-20,27H,9-12,18H2,(H,37,38). The third kappa shape index (κ3) is 5.04. The monoisotopic (exact) mass is 505 g/mol. The number of aromatic nitrogens is 6. The van der Waals surface area contributed by atoms with E-state index >= 15 is 0 Å². The van der Waals surface area contributed by atoms with Gasteiger partial charge in [-0.25, -0.2) is 14.8 Å². The van der Waals surface area contributed by atoms with Crippen LogP contribution in [-0.4, -0.2) is 58.7 Å². The van der Waals surface area contributed by atoms with Gasteiger partial charge in [0.1, 0.15) is 0 Å². The fraction of sp³-hybridized carbons (Fsp3) is 0.207. The van der Waals surface area contributed by atoms with E-state index in [4.69, 9.17) is 5.11 Å². The molecule has 0 unspecified atom stereocenters. The zero-order valence-corrected chi connectivity index (χ0v) is 20.8. The van der Waals surface area contributed by atoms with E-state index in [-0.39, 0.29) is 6.04 Å². The first-order valence-electron chi connectivity index (χ1n) is 12.6. The van der Waals surface area contributed by atoms with E-state index < -0.39 is 6.09 Å². The Bertz CT molecular complexity index is 1530. The number of nitrogens with zero attached hydrogens (tertiary/aromatic N) is 7. The Balaban J connectivity index is 1.15. The van der Waals surface area contributed by atoms with Crippen LogP contribution in [-0.2, 0) is 6.54 Å². The predicted molar refractivity (Wildman–Crippen MR) is 143 cm³/mol. The van der Waals surface area contributed by atoms with Crippen molar-refractivity contribution in [1.82, 2.24) is 34.4 Å². The number of hydrogen-bond donors (Lipinski definition) is 1. The van der Waals surface area contributed by atoms with Gasteiger partial charge in [0.05, 0.1) is 25.0 Å². The lowest BCUT2D eigenvalue weighted by Crippen LogP contribution is -2.38. The van der Waals surface area contributed by atoms with Crippen LogP contribution in [0, 0.1) is 0 Å². The molecule has 3 aromatic heterocycles. The molecule has 0 spiro atoms. The van der Waals surface area contributed by atoms with Gasteiger partial charge < -0.3 is 10.0 Å². The number of rotatable bonds is 6. The molecule has 9 nitrogen and oxygen atoms in total. The van der Waals surface area contributed by atoms with Crippen molar-refractivity contribution in [3.8, 4) is 33.6 Å².